The van der Waals surface area contributed by atoms with E-state index in [0.29, 0.717) is 26.1 Å². The van der Waals surface area contributed by atoms with Crippen molar-refractivity contribution in [1.29, 1.82) is 5.26 Å². The summed E-state index contributed by atoms with van der Waals surface area (Å²) in [6, 6.07) is 2.02. The van der Waals surface area contributed by atoms with E-state index >= 15 is 0 Å². The summed E-state index contributed by atoms with van der Waals surface area (Å²) in [5, 5.41) is 8.36. The molecule has 16 heavy (non-hydrogen) atoms. The first-order valence-corrected chi connectivity index (χ1v) is 5.57. The summed E-state index contributed by atoms with van der Waals surface area (Å²) in [7, 11) is 0. The summed E-state index contributed by atoms with van der Waals surface area (Å²) in [4.78, 5) is 13.2. The summed E-state index contributed by atoms with van der Waals surface area (Å²) < 4.78 is 10.5. The van der Waals surface area contributed by atoms with Gasteiger partial charge >= 0.3 is 6.09 Å². The van der Waals surface area contributed by atoms with Gasteiger partial charge in [0, 0.05) is 6.54 Å². The zero-order valence-corrected chi connectivity index (χ0v) is 9.81. The Balaban J connectivity index is 2.24. The van der Waals surface area contributed by atoms with Gasteiger partial charge in [-0.15, -0.1) is 0 Å². The molecule has 0 aliphatic carbocycles. The molecule has 0 saturated carbocycles. The Morgan fingerprint density at radius 1 is 1.62 bits per heavy atom. The van der Waals surface area contributed by atoms with E-state index in [4.69, 9.17) is 14.7 Å². The van der Waals surface area contributed by atoms with E-state index in [9.17, 15) is 4.79 Å². The molecule has 1 aliphatic heterocycles. The maximum absolute atomic E-state index is 11.5. The fourth-order valence-electron chi connectivity index (χ4n) is 1.58. The van der Waals surface area contributed by atoms with Crippen LogP contribution in [-0.2, 0) is 9.47 Å². The second-order valence-electron chi connectivity index (χ2n) is 4.07. The zero-order valence-electron chi connectivity index (χ0n) is 9.81. The van der Waals surface area contributed by atoms with Crippen LogP contribution in [0.2, 0.25) is 0 Å². The molecular weight excluding hydrogens is 208 g/mol. The molecule has 5 nitrogen and oxygen atoms in total. The van der Waals surface area contributed by atoms with E-state index in [0.717, 1.165) is 6.42 Å². The van der Waals surface area contributed by atoms with Gasteiger partial charge in [-0.25, -0.2) is 4.79 Å². The first-order valence-electron chi connectivity index (χ1n) is 5.57. The summed E-state index contributed by atoms with van der Waals surface area (Å²) in [6.45, 7) is 5.33. The molecule has 1 aliphatic rings. The molecule has 1 fully saturated rings. The summed E-state index contributed by atoms with van der Waals surface area (Å²) in [6.07, 6.45) is 0.895. The first kappa shape index (κ1) is 12.8. The molecule has 1 heterocycles. The highest BCUT2D eigenvalue weighted by atomic mass is 16.6. The third kappa shape index (κ3) is 4.07. The van der Waals surface area contributed by atoms with Crippen LogP contribution in [0.25, 0.3) is 0 Å². The summed E-state index contributed by atoms with van der Waals surface area (Å²) in [5.41, 5.74) is 0. The molecule has 0 radical (unpaired) electrons. The van der Waals surface area contributed by atoms with Gasteiger partial charge in [0.2, 0.25) is 0 Å². The molecule has 0 aromatic carbocycles. The number of carbonyl (C=O) groups is 1. The molecule has 0 bridgehead atoms. The number of amides is 1. The SMILES string of the molecule is CC(C)OC(=O)N1CCC(OCCC#N)C1. The van der Waals surface area contributed by atoms with Gasteiger partial charge in [-0.1, -0.05) is 0 Å². The van der Waals surface area contributed by atoms with Crippen LogP contribution in [0, 0.1) is 11.3 Å². The van der Waals surface area contributed by atoms with Crippen molar-refractivity contribution in [3.05, 3.63) is 0 Å². The number of rotatable bonds is 4. The zero-order chi connectivity index (χ0) is 12.0. The second kappa shape index (κ2) is 6.33. The van der Waals surface area contributed by atoms with Crippen molar-refractivity contribution in [3.63, 3.8) is 0 Å². The minimum absolute atomic E-state index is 0.0491. The molecule has 0 aromatic heterocycles. The van der Waals surface area contributed by atoms with Crippen LogP contribution in [0.15, 0.2) is 0 Å². The lowest BCUT2D eigenvalue weighted by Gasteiger charge is -2.18. The summed E-state index contributed by atoms with van der Waals surface area (Å²) in [5.74, 6) is 0. The largest absolute Gasteiger partial charge is 0.447 e. The molecule has 1 rings (SSSR count). The van der Waals surface area contributed by atoms with Gasteiger partial charge in [0.25, 0.3) is 0 Å². The van der Waals surface area contributed by atoms with E-state index < -0.39 is 0 Å². The van der Waals surface area contributed by atoms with Crippen molar-refractivity contribution < 1.29 is 14.3 Å². The van der Waals surface area contributed by atoms with E-state index in [-0.39, 0.29) is 18.3 Å². The van der Waals surface area contributed by atoms with Crippen LogP contribution < -0.4 is 0 Å². The van der Waals surface area contributed by atoms with Crippen molar-refractivity contribution in [2.45, 2.75) is 38.9 Å². The van der Waals surface area contributed by atoms with Crippen molar-refractivity contribution >= 4 is 6.09 Å². The molecule has 1 atom stereocenters. The highest BCUT2D eigenvalue weighted by Crippen LogP contribution is 2.14. The lowest BCUT2D eigenvalue weighted by molar-refractivity contribution is 0.0525. The fraction of sp³-hybridized carbons (Fsp3) is 0.818. The van der Waals surface area contributed by atoms with Crippen LogP contribution in [0.3, 0.4) is 0 Å². The van der Waals surface area contributed by atoms with Crippen LogP contribution in [0.5, 0.6) is 0 Å². The molecule has 0 aromatic rings. The third-order valence-electron chi connectivity index (χ3n) is 2.31. The Morgan fingerprint density at radius 3 is 3.00 bits per heavy atom. The molecular formula is C11H18N2O3. The van der Waals surface area contributed by atoms with Crippen molar-refractivity contribution in [2.75, 3.05) is 19.7 Å². The van der Waals surface area contributed by atoms with Gasteiger partial charge in [-0.05, 0) is 20.3 Å². The Labute approximate surface area is 95.9 Å². The third-order valence-corrected chi connectivity index (χ3v) is 2.31. The van der Waals surface area contributed by atoms with Gasteiger partial charge in [-0.3, -0.25) is 0 Å². The first-order chi connectivity index (χ1) is 7.63. The molecule has 1 saturated heterocycles. The maximum Gasteiger partial charge on any atom is 0.410 e. The van der Waals surface area contributed by atoms with Gasteiger partial charge in [0.1, 0.15) is 0 Å². The quantitative estimate of drug-likeness (QED) is 0.682. The van der Waals surface area contributed by atoms with Gasteiger partial charge in [0.05, 0.1) is 37.8 Å². The molecule has 0 spiro atoms. The minimum Gasteiger partial charge on any atom is -0.447 e. The van der Waals surface area contributed by atoms with Gasteiger partial charge in [-0.2, -0.15) is 5.26 Å². The van der Waals surface area contributed by atoms with Crippen molar-refractivity contribution in [3.8, 4) is 6.07 Å². The highest BCUT2D eigenvalue weighted by Gasteiger charge is 2.27. The van der Waals surface area contributed by atoms with Crippen LogP contribution >= 0.6 is 0 Å². The highest BCUT2D eigenvalue weighted by molar-refractivity contribution is 5.68. The lowest BCUT2D eigenvalue weighted by Crippen LogP contribution is -2.32. The number of nitriles is 1. The Hall–Kier alpha value is -1.28. The van der Waals surface area contributed by atoms with Gasteiger partial charge < -0.3 is 14.4 Å². The average molecular weight is 226 g/mol. The number of likely N-dealkylation sites (tertiary alicyclic amines) is 1. The smallest absolute Gasteiger partial charge is 0.410 e. The Bertz CT molecular complexity index is 273. The number of nitrogens with zero attached hydrogens (tertiary/aromatic N) is 2. The van der Waals surface area contributed by atoms with Crippen molar-refractivity contribution in [1.82, 2.24) is 4.90 Å². The second-order valence-corrected chi connectivity index (χ2v) is 4.07. The fourth-order valence-corrected chi connectivity index (χ4v) is 1.58. The molecule has 0 N–H and O–H groups in total. The van der Waals surface area contributed by atoms with Crippen LogP contribution in [-0.4, -0.2) is 42.9 Å². The summed E-state index contributed by atoms with van der Waals surface area (Å²) >= 11 is 0. The molecule has 1 amide bonds. The van der Waals surface area contributed by atoms with E-state index in [1.165, 1.54) is 0 Å². The molecule has 5 heteroatoms. The van der Waals surface area contributed by atoms with E-state index in [1.54, 1.807) is 4.90 Å². The number of hydrogen-bond acceptors (Lipinski definition) is 4. The monoisotopic (exact) mass is 226 g/mol. The normalized spacial score (nSPS) is 19.9. The van der Waals surface area contributed by atoms with E-state index in [1.807, 2.05) is 19.9 Å². The lowest BCUT2D eigenvalue weighted by atomic mass is 10.3. The predicted molar refractivity (Wildman–Crippen MR) is 57.8 cm³/mol. The Morgan fingerprint density at radius 2 is 2.38 bits per heavy atom. The van der Waals surface area contributed by atoms with Crippen LogP contribution in [0.1, 0.15) is 26.7 Å². The molecule has 90 valence electrons. The van der Waals surface area contributed by atoms with Gasteiger partial charge in [0.15, 0.2) is 0 Å². The van der Waals surface area contributed by atoms with Crippen molar-refractivity contribution in [2.24, 2.45) is 0 Å². The number of carbonyl (C=O) groups excluding carboxylic acids is 1. The average Bonchev–Trinajstić information content (AvgIpc) is 2.66. The predicted octanol–water partition coefficient (Wildman–Crippen LogP) is 1.54. The minimum atomic E-state index is -0.276. The standard InChI is InChI=1S/C11H18N2O3/c1-9(2)16-11(14)13-6-4-10(8-13)15-7-3-5-12/h9-10H,3-4,6-8H2,1-2H3. The topological polar surface area (TPSA) is 62.6 Å². The number of ether oxygens (including phenoxy) is 2. The Kier molecular flexibility index (Phi) is 5.06. The van der Waals surface area contributed by atoms with Crippen LogP contribution in [0.4, 0.5) is 4.79 Å². The van der Waals surface area contributed by atoms with E-state index in [2.05, 4.69) is 0 Å². The molecule has 1 unspecified atom stereocenters. The number of hydrogen-bond donors (Lipinski definition) is 0. The maximum atomic E-state index is 11.5.